The molecule has 1 aromatic heterocycles. The van der Waals surface area contributed by atoms with Gasteiger partial charge in [-0.05, 0) is 68.5 Å². The van der Waals surface area contributed by atoms with Gasteiger partial charge in [-0.15, -0.1) is 0 Å². The Hall–Kier alpha value is -4.91. The average Bonchev–Trinajstić information content (AvgIpc) is 3.53. The summed E-state index contributed by atoms with van der Waals surface area (Å²) in [6.45, 7) is 6.26. The fourth-order valence-electron chi connectivity index (χ4n) is 5.25. The Morgan fingerprint density at radius 2 is 2.02 bits per heavy atom. The first-order valence-electron chi connectivity index (χ1n) is 13.7. The van der Waals surface area contributed by atoms with Gasteiger partial charge in [0.05, 0.1) is 17.6 Å². The predicted octanol–water partition coefficient (Wildman–Crippen LogP) is 5.39. The second kappa shape index (κ2) is 11.5. The molecule has 1 saturated heterocycles. The van der Waals surface area contributed by atoms with E-state index in [4.69, 9.17) is 10.00 Å². The Kier molecular flexibility index (Phi) is 7.85. The Balaban J connectivity index is 1.37. The summed E-state index contributed by atoms with van der Waals surface area (Å²) in [5, 5.41) is 20.7. The van der Waals surface area contributed by atoms with Gasteiger partial charge in [-0.3, -0.25) is 9.69 Å². The molecule has 1 fully saturated rings. The molecule has 0 radical (unpaired) electrons. The highest BCUT2D eigenvalue weighted by atomic mass is 19.1. The van der Waals surface area contributed by atoms with Gasteiger partial charge in [0, 0.05) is 43.3 Å². The number of amides is 2. The van der Waals surface area contributed by atoms with Crippen LogP contribution in [0.2, 0.25) is 0 Å². The smallest absolute Gasteiger partial charge is 0.410 e. The molecule has 216 valence electrons. The van der Waals surface area contributed by atoms with Crippen molar-refractivity contribution in [3.63, 3.8) is 0 Å². The molecule has 0 spiro atoms. The van der Waals surface area contributed by atoms with Crippen LogP contribution in [0.4, 0.5) is 14.9 Å². The van der Waals surface area contributed by atoms with E-state index in [1.165, 1.54) is 17.0 Å². The van der Waals surface area contributed by atoms with E-state index in [1.807, 2.05) is 28.8 Å². The Morgan fingerprint density at radius 1 is 1.21 bits per heavy atom. The highest BCUT2D eigenvalue weighted by Gasteiger charge is 2.40. The molecule has 42 heavy (non-hydrogen) atoms. The molecule has 1 atom stereocenters. The molecule has 1 aliphatic rings. The van der Waals surface area contributed by atoms with Crippen molar-refractivity contribution in [1.29, 1.82) is 5.26 Å². The van der Waals surface area contributed by atoms with Crippen LogP contribution in [0.25, 0.3) is 10.8 Å². The Morgan fingerprint density at radius 3 is 2.76 bits per heavy atom. The van der Waals surface area contributed by atoms with Gasteiger partial charge in [0.25, 0.3) is 0 Å². The quantitative estimate of drug-likeness (QED) is 0.320. The summed E-state index contributed by atoms with van der Waals surface area (Å²) in [7, 11) is 0. The van der Waals surface area contributed by atoms with Gasteiger partial charge in [-0.2, -0.15) is 5.26 Å². The summed E-state index contributed by atoms with van der Waals surface area (Å²) >= 11 is 0. The van der Waals surface area contributed by atoms with Crippen LogP contribution in [-0.2, 0) is 22.5 Å². The number of phenolic OH excluding ortho intramolecular Hbond substituents is 1. The second-order valence-corrected chi connectivity index (χ2v) is 11.3. The summed E-state index contributed by atoms with van der Waals surface area (Å²) in [6, 6.07) is 16.2. The molecule has 2 heterocycles. The largest absolute Gasteiger partial charge is 0.508 e. The molecular formula is C32H32FN5O4. The summed E-state index contributed by atoms with van der Waals surface area (Å²) in [5.41, 5.74) is 1.35. The molecule has 9 nitrogen and oxygen atoms in total. The normalized spacial score (nSPS) is 15.2. The van der Waals surface area contributed by atoms with E-state index in [9.17, 15) is 19.1 Å². The lowest BCUT2D eigenvalue weighted by atomic mass is 10.1. The van der Waals surface area contributed by atoms with Crippen LogP contribution in [0.15, 0.2) is 67.1 Å². The maximum Gasteiger partial charge on any atom is 0.410 e. The number of nitrogens with zero attached hydrogens (tertiary/aromatic N) is 5. The van der Waals surface area contributed by atoms with Crippen molar-refractivity contribution < 1.29 is 23.8 Å². The number of nitriles is 1. The van der Waals surface area contributed by atoms with Crippen LogP contribution in [0.5, 0.6) is 5.75 Å². The van der Waals surface area contributed by atoms with Gasteiger partial charge in [0.15, 0.2) is 0 Å². The van der Waals surface area contributed by atoms with Crippen molar-refractivity contribution in [3.05, 3.63) is 89.8 Å². The number of aromatic hydroxyl groups is 1. The number of rotatable bonds is 7. The van der Waals surface area contributed by atoms with Gasteiger partial charge >= 0.3 is 6.09 Å². The Bertz CT molecular complexity index is 1690. The van der Waals surface area contributed by atoms with Crippen LogP contribution in [-0.4, -0.2) is 56.3 Å². The van der Waals surface area contributed by atoms with Gasteiger partial charge in [0.1, 0.15) is 29.3 Å². The number of carbonyl (C=O) groups is 2. The van der Waals surface area contributed by atoms with Crippen molar-refractivity contribution in [1.82, 2.24) is 14.5 Å². The monoisotopic (exact) mass is 569 g/mol. The number of carbonyl (C=O) groups excluding carboxylic acids is 2. The number of aromatic nitrogens is 2. The highest BCUT2D eigenvalue weighted by molar-refractivity contribution is 6.07. The third kappa shape index (κ3) is 6.05. The summed E-state index contributed by atoms with van der Waals surface area (Å²) in [6.07, 6.45) is 3.51. The first kappa shape index (κ1) is 28.6. The Labute approximate surface area is 243 Å². The number of phenols is 1. The van der Waals surface area contributed by atoms with Crippen molar-refractivity contribution >= 4 is 28.5 Å². The number of hydrogen-bond donors (Lipinski definition) is 1. The summed E-state index contributed by atoms with van der Waals surface area (Å²) in [5.74, 6) is -0.703. The van der Waals surface area contributed by atoms with Gasteiger partial charge in [-0.25, -0.2) is 14.2 Å². The number of ether oxygens (including phenoxy) is 1. The lowest BCUT2D eigenvalue weighted by molar-refractivity contribution is -0.121. The van der Waals surface area contributed by atoms with E-state index >= 15 is 0 Å². The number of anilines is 1. The molecule has 0 saturated carbocycles. The molecule has 4 aromatic rings. The number of imidazole rings is 1. The molecule has 1 aliphatic heterocycles. The average molecular weight is 570 g/mol. The fourth-order valence-corrected chi connectivity index (χ4v) is 5.25. The number of halogens is 1. The molecule has 0 aliphatic carbocycles. The van der Waals surface area contributed by atoms with Gasteiger partial charge in [-0.1, -0.05) is 24.3 Å². The maximum absolute atomic E-state index is 14.2. The zero-order valence-corrected chi connectivity index (χ0v) is 23.7. The fraction of sp³-hybridized carbons (Fsp3) is 0.312. The standard InChI is InChI=1S/C32H32FN5O4/c1-32(2,3)42-31(41)38(13-11-24-18-35-20-36(24)19-21-7-8-23(17-34)27(33)15-21)29-12-14-37(30(29)40)28-6-4-5-22-9-10-25(39)16-26(22)28/h4-10,15-16,18,20,29,39H,11-14,19H2,1-3H3/t29-/m0/s1. The molecular weight excluding hydrogens is 537 g/mol. The van der Waals surface area contributed by atoms with E-state index < -0.39 is 23.6 Å². The van der Waals surface area contributed by atoms with Crippen molar-refractivity contribution in [2.24, 2.45) is 0 Å². The van der Waals surface area contributed by atoms with Crippen LogP contribution in [0.1, 0.15) is 44.0 Å². The highest BCUT2D eigenvalue weighted by Crippen LogP contribution is 2.33. The topological polar surface area (TPSA) is 112 Å². The van der Waals surface area contributed by atoms with E-state index in [0.717, 1.165) is 16.5 Å². The maximum atomic E-state index is 14.2. The van der Waals surface area contributed by atoms with E-state index in [1.54, 1.807) is 62.5 Å². The predicted molar refractivity (Wildman–Crippen MR) is 155 cm³/mol. The molecule has 10 heteroatoms. The zero-order chi connectivity index (χ0) is 30.0. The molecule has 5 rings (SSSR count). The van der Waals surface area contributed by atoms with Crippen LogP contribution in [0, 0.1) is 17.1 Å². The van der Waals surface area contributed by atoms with Crippen LogP contribution in [0.3, 0.4) is 0 Å². The molecule has 0 unspecified atom stereocenters. The lowest BCUT2D eigenvalue weighted by Gasteiger charge is -2.31. The number of benzene rings is 3. The molecule has 2 amide bonds. The van der Waals surface area contributed by atoms with Crippen LogP contribution >= 0.6 is 0 Å². The summed E-state index contributed by atoms with van der Waals surface area (Å²) in [4.78, 5) is 34.7. The summed E-state index contributed by atoms with van der Waals surface area (Å²) < 4.78 is 21.7. The van der Waals surface area contributed by atoms with Crippen LogP contribution < -0.4 is 4.90 Å². The first-order chi connectivity index (χ1) is 20.0. The first-order valence-corrected chi connectivity index (χ1v) is 13.7. The number of hydrogen-bond acceptors (Lipinski definition) is 6. The van der Waals surface area contributed by atoms with E-state index in [-0.39, 0.29) is 23.8 Å². The van der Waals surface area contributed by atoms with Crippen molar-refractivity contribution in [3.8, 4) is 11.8 Å². The van der Waals surface area contributed by atoms with Gasteiger partial charge in [0.2, 0.25) is 5.91 Å². The minimum Gasteiger partial charge on any atom is -0.508 e. The lowest BCUT2D eigenvalue weighted by Crippen LogP contribution is -2.48. The van der Waals surface area contributed by atoms with E-state index in [2.05, 4.69) is 4.98 Å². The SMILES string of the molecule is CC(C)(C)OC(=O)N(CCc1cncn1Cc1ccc(C#N)c(F)c1)[C@H]1CCN(c2cccc3ccc(O)cc23)C1=O. The molecule has 3 aromatic carbocycles. The molecule has 0 bridgehead atoms. The van der Waals surface area contributed by atoms with Gasteiger partial charge < -0.3 is 19.3 Å². The van der Waals surface area contributed by atoms with Crippen molar-refractivity contribution in [2.75, 3.05) is 18.0 Å². The minimum absolute atomic E-state index is 0.0202. The van der Waals surface area contributed by atoms with Crippen molar-refractivity contribution in [2.45, 2.75) is 51.8 Å². The van der Waals surface area contributed by atoms with E-state index in [0.29, 0.717) is 37.2 Å². The third-order valence-corrected chi connectivity index (χ3v) is 7.23. The molecule has 1 N–H and O–H groups in total. The zero-order valence-electron chi connectivity index (χ0n) is 23.7. The third-order valence-electron chi connectivity index (χ3n) is 7.23. The number of fused-ring (bicyclic) bond motifs is 1. The minimum atomic E-state index is -0.759. The second-order valence-electron chi connectivity index (χ2n) is 11.3.